The molecule has 2 aromatic rings. The van der Waals surface area contributed by atoms with Gasteiger partial charge in [-0.05, 0) is 36.8 Å². The molecule has 4 nitrogen and oxygen atoms in total. The average Bonchev–Trinajstić information content (AvgIpc) is 3.12. The molecule has 0 atom stereocenters. The molecule has 2 N–H and O–H groups in total. The molecule has 3 rings (SSSR count). The number of hydrogen-bond acceptors (Lipinski definition) is 4. The summed E-state index contributed by atoms with van der Waals surface area (Å²) in [4.78, 5) is 4.59. The molecule has 0 saturated heterocycles. The van der Waals surface area contributed by atoms with E-state index in [1.165, 1.54) is 11.1 Å². The van der Waals surface area contributed by atoms with Crippen molar-refractivity contribution in [2.75, 3.05) is 0 Å². The van der Waals surface area contributed by atoms with Crippen LogP contribution in [0.1, 0.15) is 55.4 Å². The summed E-state index contributed by atoms with van der Waals surface area (Å²) in [6.45, 7) is 4.12. The van der Waals surface area contributed by atoms with E-state index in [1.807, 2.05) is 0 Å². The Balaban J connectivity index is 1.83. The molecule has 20 heavy (non-hydrogen) atoms. The number of rotatable bonds is 4. The van der Waals surface area contributed by atoms with Crippen LogP contribution in [0.25, 0.3) is 0 Å². The van der Waals surface area contributed by atoms with E-state index < -0.39 is 5.54 Å². The van der Waals surface area contributed by atoms with Gasteiger partial charge in [-0.1, -0.05) is 43.3 Å². The number of nitrogens with zero attached hydrogens (tertiary/aromatic N) is 2. The maximum atomic E-state index is 6.33. The Hall–Kier alpha value is -1.68. The third-order valence-corrected chi connectivity index (χ3v) is 4.55. The van der Waals surface area contributed by atoms with Crippen molar-refractivity contribution in [2.45, 2.75) is 51.0 Å². The molecule has 1 aliphatic carbocycles. The van der Waals surface area contributed by atoms with Crippen LogP contribution >= 0.6 is 0 Å². The molecule has 0 amide bonds. The van der Waals surface area contributed by atoms with Gasteiger partial charge < -0.3 is 10.3 Å². The molecule has 0 spiro atoms. The first-order valence-corrected chi connectivity index (χ1v) is 7.36. The molecule has 1 aromatic heterocycles. The van der Waals surface area contributed by atoms with Crippen molar-refractivity contribution < 1.29 is 4.52 Å². The van der Waals surface area contributed by atoms with Crippen LogP contribution in [-0.4, -0.2) is 10.1 Å². The summed E-state index contributed by atoms with van der Waals surface area (Å²) in [5, 5.41) is 4.13. The van der Waals surface area contributed by atoms with Crippen LogP contribution in [0.2, 0.25) is 0 Å². The maximum absolute atomic E-state index is 6.33. The largest absolute Gasteiger partial charge is 0.339 e. The molecule has 0 saturated carbocycles. The molecule has 0 unspecified atom stereocenters. The standard InChI is InChI=1S/C16H21N3O/c1-3-16(17,4-2)15-18-14(20-19-15)13-9-11-7-5-6-8-12(11)10-13/h5-8,13H,3-4,9-10,17H2,1-2H3. The second kappa shape index (κ2) is 5.02. The van der Waals surface area contributed by atoms with Gasteiger partial charge in [0.05, 0.1) is 5.54 Å². The van der Waals surface area contributed by atoms with E-state index >= 15 is 0 Å². The van der Waals surface area contributed by atoms with Crippen LogP contribution in [-0.2, 0) is 18.4 Å². The minimum atomic E-state index is -0.465. The normalized spacial score (nSPS) is 15.6. The van der Waals surface area contributed by atoms with Crippen molar-refractivity contribution in [3.05, 3.63) is 47.1 Å². The Morgan fingerprint density at radius 1 is 1.20 bits per heavy atom. The molecule has 0 aliphatic heterocycles. The molecular formula is C16H21N3O. The minimum Gasteiger partial charge on any atom is -0.339 e. The van der Waals surface area contributed by atoms with Crippen LogP contribution < -0.4 is 5.73 Å². The van der Waals surface area contributed by atoms with Gasteiger partial charge in [0.15, 0.2) is 5.82 Å². The minimum absolute atomic E-state index is 0.298. The van der Waals surface area contributed by atoms with Crippen LogP contribution in [0.4, 0.5) is 0 Å². The number of fused-ring (bicyclic) bond motifs is 1. The van der Waals surface area contributed by atoms with Crippen molar-refractivity contribution in [1.82, 2.24) is 10.1 Å². The fraction of sp³-hybridized carbons (Fsp3) is 0.500. The van der Waals surface area contributed by atoms with Crippen molar-refractivity contribution in [2.24, 2.45) is 5.73 Å². The average molecular weight is 271 g/mol. The molecular weight excluding hydrogens is 250 g/mol. The van der Waals surface area contributed by atoms with E-state index in [-0.39, 0.29) is 0 Å². The fourth-order valence-electron chi connectivity index (χ4n) is 2.90. The zero-order valence-corrected chi connectivity index (χ0v) is 12.1. The van der Waals surface area contributed by atoms with Crippen molar-refractivity contribution in [3.63, 3.8) is 0 Å². The topological polar surface area (TPSA) is 64.9 Å². The van der Waals surface area contributed by atoms with Gasteiger partial charge in [0.2, 0.25) is 5.89 Å². The van der Waals surface area contributed by atoms with Gasteiger partial charge in [-0.25, -0.2) is 0 Å². The highest BCUT2D eigenvalue weighted by molar-refractivity contribution is 5.34. The monoisotopic (exact) mass is 271 g/mol. The summed E-state index contributed by atoms with van der Waals surface area (Å²) in [6, 6.07) is 8.52. The highest BCUT2D eigenvalue weighted by Gasteiger charge is 2.32. The highest BCUT2D eigenvalue weighted by Crippen LogP contribution is 2.34. The summed E-state index contributed by atoms with van der Waals surface area (Å²) in [5.41, 5.74) is 8.65. The molecule has 1 aliphatic rings. The van der Waals surface area contributed by atoms with Crippen LogP contribution in [0, 0.1) is 0 Å². The van der Waals surface area contributed by atoms with Gasteiger partial charge in [-0.3, -0.25) is 0 Å². The Labute approximate surface area is 119 Å². The maximum Gasteiger partial charge on any atom is 0.230 e. The first kappa shape index (κ1) is 13.3. The van der Waals surface area contributed by atoms with E-state index in [1.54, 1.807) is 0 Å². The molecule has 0 bridgehead atoms. The van der Waals surface area contributed by atoms with E-state index in [4.69, 9.17) is 10.3 Å². The zero-order valence-electron chi connectivity index (χ0n) is 12.1. The lowest BCUT2D eigenvalue weighted by Crippen LogP contribution is -2.36. The molecule has 106 valence electrons. The van der Waals surface area contributed by atoms with Crippen molar-refractivity contribution in [1.29, 1.82) is 0 Å². The van der Waals surface area contributed by atoms with Gasteiger partial charge in [0, 0.05) is 5.92 Å². The van der Waals surface area contributed by atoms with Gasteiger partial charge >= 0.3 is 0 Å². The summed E-state index contributed by atoms with van der Waals surface area (Å²) >= 11 is 0. The Kier molecular flexibility index (Phi) is 3.34. The summed E-state index contributed by atoms with van der Waals surface area (Å²) < 4.78 is 5.49. The van der Waals surface area contributed by atoms with Crippen LogP contribution in [0.15, 0.2) is 28.8 Å². The van der Waals surface area contributed by atoms with E-state index in [2.05, 4.69) is 48.3 Å². The second-order valence-electron chi connectivity index (χ2n) is 5.69. The summed E-state index contributed by atoms with van der Waals surface area (Å²) in [7, 11) is 0. The fourth-order valence-corrected chi connectivity index (χ4v) is 2.90. The van der Waals surface area contributed by atoms with Gasteiger partial charge in [-0.2, -0.15) is 4.98 Å². The lowest BCUT2D eigenvalue weighted by Gasteiger charge is -2.21. The predicted octanol–water partition coefficient (Wildman–Crippen LogP) is 2.93. The third-order valence-electron chi connectivity index (χ3n) is 4.55. The SMILES string of the molecule is CCC(N)(CC)c1noc(C2Cc3ccccc3C2)n1. The first-order chi connectivity index (χ1) is 9.66. The van der Waals surface area contributed by atoms with Gasteiger partial charge in [0.1, 0.15) is 0 Å². The number of benzene rings is 1. The smallest absolute Gasteiger partial charge is 0.230 e. The number of aromatic nitrogens is 2. The molecule has 0 radical (unpaired) electrons. The third kappa shape index (κ3) is 2.14. The second-order valence-corrected chi connectivity index (χ2v) is 5.69. The van der Waals surface area contributed by atoms with Crippen LogP contribution in [0.3, 0.4) is 0 Å². The molecule has 4 heteroatoms. The molecule has 1 aromatic carbocycles. The molecule has 1 heterocycles. The Bertz CT molecular complexity index is 576. The van der Waals surface area contributed by atoms with E-state index in [0.29, 0.717) is 11.7 Å². The molecule has 0 fully saturated rings. The van der Waals surface area contributed by atoms with Gasteiger partial charge in [0.25, 0.3) is 0 Å². The first-order valence-electron chi connectivity index (χ1n) is 7.36. The lowest BCUT2D eigenvalue weighted by molar-refractivity contribution is 0.326. The van der Waals surface area contributed by atoms with E-state index in [0.717, 1.165) is 31.6 Å². The Morgan fingerprint density at radius 3 is 2.35 bits per heavy atom. The predicted molar refractivity (Wildman–Crippen MR) is 77.3 cm³/mol. The lowest BCUT2D eigenvalue weighted by atomic mass is 9.93. The number of nitrogens with two attached hydrogens (primary N) is 1. The van der Waals surface area contributed by atoms with Crippen molar-refractivity contribution >= 4 is 0 Å². The highest BCUT2D eigenvalue weighted by atomic mass is 16.5. The quantitative estimate of drug-likeness (QED) is 0.928. The number of hydrogen-bond donors (Lipinski definition) is 1. The van der Waals surface area contributed by atoms with Crippen molar-refractivity contribution in [3.8, 4) is 0 Å². The summed E-state index contributed by atoms with van der Waals surface area (Å²) in [5.74, 6) is 1.67. The van der Waals surface area contributed by atoms with E-state index in [9.17, 15) is 0 Å². The zero-order chi connectivity index (χ0) is 14.2. The van der Waals surface area contributed by atoms with Gasteiger partial charge in [-0.15, -0.1) is 0 Å². The summed E-state index contributed by atoms with van der Waals surface area (Å²) in [6.07, 6.45) is 3.59. The van der Waals surface area contributed by atoms with Crippen LogP contribution in [0.5, 0.6) is 0 Å². The Morgan fingerprint density at radius 2 is 1.80 bits per heavy atom.